The van der Waals surface area contributed by atoms with E-state index in [0.717, 1.165) is 19.4 Å². The van der Waals surface area contributed by atoms with Gasteiger partial charge in [-0.1, -0.05) is 0 Å². The van der Waals surface area contributed by atoms with Crippen LogP contribution in [-0.2, 0) is 9.59 Å². The van der Waals surface area contributed by atoms with Gasteiger partial charge in [-0.3, -0.25) is 19.4 Å². The van der Waals surface area contributed by atoms with Crippen molar-refractivity contribution in [2.24, 2.45) is 0 Å². The molecular formula is C10H17N3O2. The average molecular weight is 211 g/mol. The lowest BCUT2D eigenvalue weighted by Gasteiger charge is -2.31. The highest BCUT2D eigenvalue weighted by atomic mass is 16.2. The molecule has 2 fully saturated rings. The second-order valence-electron chi connectivity index (χ2n) is 4.36. The van der Waals surface area contributed by atoms with Crippen molar-refractivity contribution >= 4 is 11.8 Å². The Morgan fingerprint density at radius 1 is 1.33 bits per heavy atom. The van der Waals surface area contributed by atoms with Crippen LogP contribution < -0.4 is 5.32 Å². The van der Waals surface area contributed by atoms with E-state index in [4.69, 9.17) is 0 Å². The molecule has 1 N–H and O–H groups in total. The third-order valence-corrected chi connectivity index (χ3v) is 2.98. The van der Waals surface area contributed by atoms with Crippen LogP contribution in [0.5, 0.6) is 0 Å². The number of imide groups is 1. The first-order chi connectivity index (χ1) is 7.16. The number of rotatable bonds is 2. The molecule has 2 rings (SSSR count). The van der Waals surface area contributed by atoms with Crippen molar-refractivity contribution in [3.05, 3.63) is 0 Å². The summed E-state index contributed by atoms with van der Waals surface area (Å²) >= 11 is 0. The average Bonchev–Trinajstić information content (AvgIpc) is 2.63. The summed E-state index contributed by atoms with van der Waals surface area (Å²) < 4.78 is 0. The van der Waals surface area contributed by atoms with Gasteiger partial charge in [-0.25, -0.2) is 0 Å². The molecule has 0 aliphatic carbocycles. The number of nitrogens with one attached hydrogen (secondary N) is 1. The summed E-state index contributed by atoms with van der Waals surface area (Å²) in [7, 11) is 1.79. The van der Waals surface area contributed by atoms with Crippen LogP contribution in [0.1, 0.15) is 12.8 Å². The van der Waals surface area contributed by atoms with Crippen LogP contribution in [0.25, 0.3) is 0 Å². The Balaban J connectivity index is 1.94. The summed E-state index contributed by atoms with van der Waals surface area (Å²) in [6, 6.07) is 0.307. The SMILES string of the molecule is CN1CC(=O)N(CC2CCCN2)C(=O)C1. The van der Waals surface area contributed by atoms with Crippen LogP contribution in [0.2, 0.25) is 0 Å². The second kappa shape index (κ2) is 4.28. The van der Waals surface area contributed by atoms with Crippen molar-refractivity contribution < 1.29 is 9.59 Å². The van der Waals surface area contributed by atoms with E-state index in [2.05, 4.69) is 5.32 Å². The number of carbonyl (C=O) groups excluding carboxylic acids is 2. The molecule has 2 aliphatic rings. The predicted octanol–water partition coefficient (Wildman–Crippen LogP) is -0.961. The molecule has 2 aliphatic heterocycles. The van der Waals surface area contributed by atoms with Crippen LogP contribution in [0.15, 0.2) is 0 Å². The fraction of sp³-hybridized carbons (Fsp3) is 0.800. The number of amides is 2. The van der Waals surface area contributed by atoms with Gasteiger partial charge in [0.05, 0.1) is 13.1 Å². The molecule has 5 heteroatoms. The van der Waals surface area contributed by atoms with Gasteiger partial charge in [-0.15, -0.1) is 0 Å². The zero-order valence-electron chi connectivity index (χ0n) is 9.03. The highest BCUT2D eigenvalue weighted by Gasteiger charge is 2.31. The van der Waals surface area contributed by atoms with Crippen molar-refractivity contribution in [3.8, 4) is 0 Å². The summed E-state index contributed by atoms with van der Waals surface area (Å²) in [5, 5.41) is 3.30. The van der Waals surface area contributed by atoms with Crippen LogP contribution in [-0.4, -0.2) is 60.9 Å². The molecule has 84 valence electrons. The Kier molecular flexibility index (Phi) is 3.02. The minimum absolute atomic E-state index is 0.0672. The highest BCUT2D eigenvalue weighted by Crippen LogP contribution is 2.10. The Morgan fingerprint density at radius 3 is 2.53 bits per heavy atom. The molecule has 1 unspecified atom stereocenters. The summed E-state index contributed by atoms with van der Waals surface area (Å²) in [5.41, 5.74) is 0. The lowest BCUT2D eigenvalue weighted by Crippen LogP contribution is -2.55. The molecule has 5 nitrogen and oxygen atoms in total. The smallest absolute Gasteiger partial charge is 0.243 e. The Hall–Kier alpha value is -0.940. The molecule has 0 aromatic heterocycles. The minimum Gasteiger partial charge on any atom is -0.312 e. The van der Waals surface area contributed by atoms with E-state index in [9.17, 15) is 9.59 Å². The van der Waals surface area contributed by atoms with Crippen LogP contribution in [0, 0.1) is 0 Å². The molecule has 0 aromatic carbocycles. The van der Waals surface area contributed by atoms with Crippen LogP contribution in [0.3, 0.4) is 0 Å². The van der Waals surface area contributed by atoms with Gasteiger partial charge in [0.1, 0.15) is 0 Å². The van der Waals surface area contributed by atoms with Gasteiger partial charge in [0.2, 0.25) is 11.8 Å². The monoisotopic (exact) mass is 211 g/mol. The van der Waals surface area contributed by atoms with E-state index in [1.54, 1.807) is 11.9 Å². The van der Waals surface area contributed by atoms with Gasteiger partial charge in [-0.05, 0) is 26.4 Å². The third kappa shape index (κ3) is 2.35. The number of piperazine rings is 1. The van der Waals surface area contributed by atoms with Crippen molar-refractivity contribution in [2.75, 3.05) is 33.2 Å². The molecule has 2 heterocycles. The summed E-state index contributed by atoms with van der Waals surface area (Å²) in [4.78, 5) is 26.4. The zero-order valence-corrected chi connectivity index (χ0v) is 9.03. The van der Waals surface area contributed by atoms with Gasteiger partial charge in [0, 0.05) is 12.6 Å². The van der Waals surface area contributed by atoms with E-state index in [-0.39, 0.29) is 11.8 Å². The number of hydrogen-bond donors (Lipinski definition) is 1. The number of likely N-dealkylation sites (N-methyl/N-ethyl adjacent to an activating group) is 1. The summed E-state index contributed by atoms with van der Waals surface area (Å²) in [6.45, 7) is 2.27. The molecule has 2 amide bonds. The van der Waals surface area contributed by atoms with Crippen molar-refractivity contribution in [3.63, 3.8) is 0 Å². The third-order valence-electron chi connectivity index (χ3n) is 2.98. The molecule has 0 bridgehead atoms. The maximum absolute atomic E-state index is 11.6. The molecular weight excluding hydrogens is 194 g/mol. The molecule has 0 spiro atoms. The zero-order chi connectivity index (χ0) is 10.8. The largest absolute Gasteiger partial charge is 0.312 e. The maximum atomic E-state index is 11.6. The lowest BCUT2D eigenvalue weighted by molar-refractivity contribution is -0.150. The number of hydrogen-bond acceptors (Lipinski definition) is 4. The lowest BCUT2D eigenvalue weighted by atomic mass is 10.2. The van der Waals surface area contributed by atoms with Crippen molar-refractivity contribution in [2.45, 2.75) is 18.9 Å². The van der Waals surface area contributed by atoms with Gasteiger partial charge >= 0.3 is 0 Å². The first-order valence-corrected chi connectivity index (χ1v) is 5.42. The second-order valence-corrected chi connectivity index (χ2v) is 4.36. The Bertz CT molecular complexity index is 256. The van der Waals surface area contributed by atoms with Gasteiger partial charge in [0.15, 0.2) is 0 Å². The van der Waals surface area contributed by atoms with Gasteiger partial charge < -0.3 is 5.32 Å². The summed E-state index contributed by atoms with van der Waals surface area (Å²) in [6.07, 6.45) is 2.20. The fourth-order valence-corrected chi connectivity index (χ4v) is 2.16. The summed E-state index contributed by atoms with van der Waals surface area (Å²) in [5.74, 6) is -0.134. The van der Waals surface area contributed by atoms with Gasteiger partial charge in [-0.2, -0.15) is 0 Å². The predicted molar refractivity (Wildman–Crippen MR) is 55.2 cm³/mol. The molecule has 1 atom stereocenters. The van der Waals surface area contributed by atoms with Crippen LogP contribution >= 0.6 is 0 Å². The number of carbonyl (C=O) groups is 2. The quantitative estimate of drug-likeness (QED) is 0.598. The first-order valence-electron chi connectivity index (χ1n) is 5.42. The van der Waals surface area contributed by atoms with E-state index in [0.29, 0.717) is 25.7 Å². The standard InChI is InChI=1S/C10H17N3O2/c1-12-6-9(14)13(10(15)7-12)5-8-3-2-4-11-8/h8,11H,2-7H2,1H3. The molecule has 0 aromatic rings. The highest BCUT2D eigenvalue weighted by molar-refractivity contribution is 5.99. The first kappa shape index (κ1) is 10.6. The Morgan fingerprint density at radius 2 is 2.00 bits per heavy atom. The van der Waals surface area contributed by atoms with E-state index >= 15 is 0 Å². The van der Waals surface area contributed by atoms with E-state index < -0.39 is 0 Å². The fourth-order valence-electron chi connectivity index (χ4n) is 2.16. The topological polar surface area (TPSA) is 52.7 Å². The normalized spacial score (nSPS) is 28.9. The molecule has 15 heavy (non-hydrogen) atoms. The van der Waals surface area contributed by atoms with Crippen molar-refractivity contribution in [1.82, 2.24) is 15.1 Å². The molecule has 0 saturated carbocycles. The maximum Gasteiger partial charge on any atom is 0.243 e. The number of nitrogens with zero attached hydrogens (tertiary/aromatic N) is 2. The Labute approximate surface area is 89.4 Å². The van der Waals surface area contributed by atoms with Crippen molar-refractivity contribution in [1.29, 1.82) is 0 Å². The van der Waals surface area contributed by atoms with Crippen LogP contribution in [0.4, 0.5) is 0 Å². The minimum atomic E-state index is -0.0672. The molecule has 0 radical (unpaired) electrons. The van der Waals surface area contributed by atoms with E-state index in [1.807, 2.05) is 0 Å². The van der Waals surface area contributed by atoms with E-state index in [1.165, 1.54) is 4.90 Å². The molecule has 2 saturated heterocycles. The van der Waals surface area contributed by atoms with Gasteiger partial charge in [0.25, 0.3) is 0 Å².